The lowest BCUT2D eigenvalue weighted by molar-refractivity contribution is -0.158. The van der Waals surface area contributed by atoms with Gasteiger partial charge < -0.3 is 14.6 Å². The van der Waals surface area contributed by atoms with Crippen LogP contribution in [0.25, 0.3) is 10.6 Å². The number of hydrogen-bond acceptors (Lipinski definition) is 7. The Labute approximate surface area is 210 Å². The maximum absolute atomic E-state index is 12.8. The fraction of sp³-hybridized carbons (Fsp3) is 0.360. The molecular weight excluding hydrogens is 499 g/mol. The zero-order valence-electron chi connectivity index (χ0n) is 19.5. The molecule has 0 saturated carbocycles. The molecule has 3 aromatic rings. The van der Waals surface area contributed by atoms with Gasteiger partial charge in [-0.2, -0.15) is 13.2 Å². The standard InChI is InChI=1S/C25H26F3NO4S2/c1-4-32-23(31)24(2,3)33-18-9-11-19(12-10-18)34-14-13-21-20(15-30)29-22(35-21)16-5-7-17(8-6-16)25(26,27)28/h5-12,30H,4,13-15H2,1-3H3. The third-order valence-corrected chi connectivity index (χ3v) is 7.17. The van der Waals surface area contributed by atoms with Gasteiger partial charge in [0.2, 0.25) is 0 Å². The highest BCUT2D eigenvalue weighted by molar-refractivity contribution is 7.99. The van der Waals surface area contributed by atoms with Crippen molar-refractivity contribution in [3.63, 3.8) is 0 Å². The number of esters is 1. The molecule has 0 aliphatic heterocycles. The fourth-order valence-electron chi connectivity index (χ4n) is 3.13. The Hall–Kier alpha value is -2.56. The van der Waals surface area contributed by atoms with Crippen molar-refractivity contribution >= 4 is 29.1 Å². The minimum absolute atomic E-state index is 0.237. The number of halogens is 3. The number of aliphatic hydroxyl groups is 1. The average Bonchev–Trinajstić information content (AvgIpc) is 3.23. The van der Waals surface area contributed by atoms with Crippen LogP contribution in [0.4, 0.5) is 13.2 Å². The van der Waals surface area contributed by atoms with Crippen LogP contribution < -0.4 is 4.74 Å². The van der Waals surface area contributed by atoms with Crippen molar-refractivity contribution in [2.24, 2.45) is 0 Å². The van der Waals surface area contributed by atoms with Crippen molar-refractivity contribution in [2.75, 3.05) is 12.4 Å². The molecular formula is C25H26F3NO4S2. The van der Waals surface area contributed by atoms with E-state index < -0.39 is 23.3 Å². The predicted molar refractivity (Wildman–Crippen MR) is 131 cm³/mol. The summed E-state index contributed by atoms with van der Waals surface area (Å²) in [6.45, 7) is 5.09. The Kier molecular flexibility index (Phi) is 8.84. The highest BCUT2D eigenvalue weighted by atomic mass is 32.2. The molecule has 0 atom stereocenters. The lowest BCUT2D eigenvalue weighted by atomic mass is 10.1. The SMILES string of the molecule is CCOC(=O)C(C)(C)Oc1ccc(SCCc2sc(-c3ccc(C(F)(F)F)cc3)nc2CO)cc1. The molecule has 188 valence electrons. The monoisotopic (exact) mass is 525 g/mol. The molecule has 0 saturated heterocycles. The predicted octanol–water partition coefficient (Wildman–Crippen LogP) is 6.38. The summed E-state index contributed by atoms with van der Waals surface area (Å²) < 4.78 is 49.2. The van der Waals surface area contributed by atoms with E-state index in [0.29, 0.717) is 28.4 Å². The maximum atomic E-state index is 12.8. The smallest absolute Gasteiger partial charge is 0.416 e. The molecule has 5 nitrogen and oxygen atoms in total. The van der Waals surface area contributed by atoms with Gasteiger partial charge in [0.25, 0.3) is 0 Å². The molecule has 2 aromatic carbocycles. The van der Waals surface area contributed by atoms with Crippen LogP contribution in [0.3, 0.4) is 0 Å². The van der Waals surface area contributed by atoms with Crippen LogP contribution in [0.5, 0.6) is 5.75 Å². The summed E-state index contributed by atoms with van der Waals surface area (Å²) in [5.74, 6) is 0.841. The lowest BCUT2D eigenvalue weighted by Crippen LogP contribution is -2.39. The molecule has 0 aliphatic rings. The minimum atomic E-state index is -4.39. The van der Waals surface area contributed by atoms with E-state index >= 15 is 0 Å². The number of aryl methyl sites for hydroxylation is 1. The summed E-state index contributed by atoms with van der Waals surface area (Å²) >= 11 is 2.98. The van der Waals surface area contributed by atoms with Gasteiger partial charge in [-0.05, 0) is 63.6 Å². The van der Waals surface area contributed by atoms with Crippen LogP contribution in [0, 0.1) is 0 Å². The van der Waals surface area contributed by atoms with E-state index in [-0.39, 0.29) is 13.2 Å². The number of alkyl halides is 3. The molecule has 1 heterocycles. The second kappa shape index (κ2) is 11.5. The van der Waals surface area contributed by atoms with E-state index in [2.05, 4.69) is 4.98 Å². The first-order chi connectivity index (χ1) is 16.5. The van der Waals surface area contributed by atoms with Crippen molar-refractivity contribution in [2.45, 2.75) is 50.5 Å². The Morgan fingerprint density at radius 1 is 1.09 bits per heavy atom. The number of nitrogens with zero attached hydrogens (tertiary/aromatic N) is 1. The van der Waals surface area contributed by atoms with Gasteiger partial charge in [-0.25, -0.2) is 9.78 Å². The molecule has 1 aromatic heterocycles. The fourth-order valence-corrected chi connectivity index (χ4v) is 5.21. The van der Waals surface area contributed by atoms with Crippen LogP contribution >= 0.6 is 23.1 Å². The van der Waals surface area contributed by atoms with E-state index in [1.165, 1.54) is 23.5 Å². The molecule has 3 rings (SSSR count). The Balaban J connectivity index is 1.59. The Morgan fingerprint density at radius 3 is 2.31 bits per heavy atom. The van der Waals surface area contributed by atoms with Gasteiger partial charge in [0, 0.05) is 21.1 Å². The molecule has 0 spiro atoms. The van der Waals surface area contributed by atoms with Crippen LogP contribution in [0.1, 0.15) is 36.9 Å². The van der Waals surface area contributed by atoms with E-state index in [1.807, 2.05) is 12.1 Å². The maximum Gasteiger partial charge on any atom is 0.416 e. The Morgan fingerprint density at radius 2 is 1.74 bits per heavy atom. The molecule has 0 bridgehead atoms. The van der Waals surface area contributed by atoms with Crippen LogP contribution in [0.15, 0.2) is 53.4 Å². The third kappa shape index (κ3) is 7.22. The van der Waals surface area contributed by atoms with Gasteiger partial charge in [-0.1, -0.05) is 12.1 Å². The normalized spacial score (nSPS) is 12.0. The summed E-state index contributed by atoms with van der Waals surface area (Å²) in [7, 11) is 0. The molecule has 0 unspecified atom stereocenters. The zero-order chi connectivity index (χ0) is 25.6. The average molecular weight is 526 g/mol. The van der Waals surface area contributed by atoms with Crippen LogP contribution in [0.2, 0.25) is 0 Å². The number of ether oxygens (including phenoxy) is 2. The van der Waals surface area contributed by atoms with Gasteiger partial charge in [0.05, 0.1) is 24.5 Å². The number of aliphatic hydroxyl groups excluding tert-OH is 1. The summed E-state index contributed by atoms with van der Waals surface area (Å²) in [6, 6.07) is 12.2. The summed E-state index contributed by atoms with van der Waals surface area (Å²) in [5.41, 5.74) is -0.687. The number of carbonyl (C=O) groups is 1. The van der Waals surface area contributed by atoms with Crippen LogP contribution in [-0.2, 0) is 28.7 Å². The lowest BCUT2D eigenvalue weighted by Gasteiger charge is -2.24. The molecule has 0 amide bonds. The number of carbonyl (C=O) groups excluding carboxylic acids is 1. The summed E-state index contributed by atoms with van der Waals surface area (Å²) in [4.78, 5) is 18.3. The summed E-state index contributed by atoms with van der Waals surface area (Å²) in [6.07, 6.45) is -3.74. The van der Waals surface area contributed by atoms with Gasteiger partial charge in [-0.15, -0.1) is 23.1 Å². The number of benzene rings is 2. The molecule has 0 aliphatic carbocycles. The number of rotatable bonds is 10. The number of thioether (sulfide) groups is 1. The van der Waals surface area contributed by atoms with Crippen molar-refractivity contribution in [3.05, 3.63) is 64.7 Å². The minimum Gasteiger partial charge on any atom is -0.476 e. The number of thiazole rings is 1. The van der Waals surface area contributed by atoms with Crippen LogP contribution in [-0.4, -0.2) is 34.0 Å². The van der Waals surface area contributed by atoms with Crippen molar-refractivity contribution in [1.82, 2.24) is 4.98 Å². The van der Waals surface area contributed by atoms with E-state index in [4.69, 9.17) is 9.47 Å². The molecule has 0 radical (unpaired) electrons. The molecule has 0 fully saturated rings. The Bertz CT molecular complexity index is 1130. The topological polar surface area (TPSA) is 68.7 Å². The van der Waals surface area contributed by atoms with E-state index in [9.17, 15) is 23.1 Å². The molecule has 35 heavy (non-hydrogen) atoms. The van der Waals surface area contributed by atoms with Crippen molar-refractivity contribution in [1.29, 1.82) is 0 Å². The highest BCUT2D eigenvalue weighted by Gasteiger charge is 2.32. The van der Waals surface area contributed by atoms with Gasteiger partial charge in [0.1, 0.15) is 10.8 Å². The first-order valence-corrected chi connectivity index (χ1v) is 12.7. The van der Waals surface area contributed by atoms with Gasteiger partial charge in [-0.3, -0.25) is 0 Å². The highest BCUT2D eigenvalue weighted by Crippen LogP contribution is 2.34. The van der Waals surface area contributed by atoms with E-state index in [1.54, 1.807) is 44.7 Å². The van der Waals surface area contributed by atoms with Gasteiger partial charge in [0.15, 0.2) is 5.60 Å². The summed E-state index contributed by atoms with van der Waals surface area (Å²) in [5, 5.41) is 10.3. The first kappa shape index (κ1) is 27.0. The molecule has 1 N–H and O–H groups in total. The third-order valence-electron chi connectivity index (χ3n) is 4.95. The second-order valence-electron chi connectivity index (χ2n) is 8.02. The van der Waals surface area contributed by atoms with Crippen molar-refractivity contribution < 1.29 is 32.5 Å². The van der Waals surface area contributed by atoms with Gasteiger partial charge >= 0.3 is 12.1 Å². The van der Waals surface area contributed by atoms with Crippen molar-refractivity contribution in [3.8, 4) is 16.3 Å². The second-order valence-corrected chi connectivity index (χ2v) is 10.3. The molecule has 10 heteroatoms. The number of hydrogen-bond donors (Lipinski definition) is 1. The van der Waals surface area contributed by atoms with E-state index in [0.717, 1.165) is 27.7 Å². The first-order valence-electron chi connectivity index (χ1n) is 10.9. The zero-order valence-corrected chi connectivity index (χ0v) is 21.1. The largest absolute Gasteiger partial charge is 0.476 e. The quantitative estimate of drug-likeness (QED) is 0.245. The number of aromatic nitrogens is 1.